The van der Waals surface area contributed by atoms with Gasteiger partial charge in [-0.1, -0.05) is 12.2 Å². The van der Waals surface area contributed by atoms with E-state index in [9.17, 15) is 4.79 Å². The first-order valence-corrected chi connectivity index (χ1v) is 7.76. The van der Waals surface area contributed by atoms with Gasteiger partial charge in [0.05, 0.1) is 10.7 Å². The Morgan fingerprint density at radius 3 is 2.76 bits per heavy atom. The van der Waals surface area contributed by atoms with E-state index in [1.807, 2.05) is 19.9 Å². The summed E-state index contributed by atoms with van der Waals surface area (Å²) in [4.78, 5) is 15.1. The number of aryl methyl sites for hydroxylation is 2. The molecule has 0 unspecified atom stereocenters. The number of likely N-dealkylation sites (tertiary alicyclic amines) is 1. The quantitative estimate of drug-likeness (QED) is 0.783. The molecule has 3 N–H and O–H groups in total. The molecule has 0 bridgehead atoms. The fraction of sp³-hybridized carbons (Fsp3) is 0.643. The normalized spacial score (nSPS) is 16.9. The van der Waals surface area contributed by atoms with Crippen LogP contribution in [0.3, 0.4) is 0 Å². The molecule has 1 aromatic rings. The largest absolute Gasteiger partial charge is 0.392 e. The summed E-state index contributed by atoms with van der Waals surface area (Å²) in [6.07, 6.45) is 1.85. The van der Waals surface area contributed by atoms with Gasteiger partial charge in [-0.05, 0) is 32.8 Å². The van der Waals surface area contributed by atoms with Crippen molar-refractivity contribution in [1.82, 2.24) is 20.0 Å². The van der Waals surface area contributed by atoms with Crippen LogP contribution in [0.5, 0.6) is 0 Å². The molecular formula is C14H23N5OS. The Balaban J connectivity index is 1.88. The molecule has 6 nitrogen and oxygen atoms in total. The number of hydrogen-bond acceptors (Lipinski definition) is 4. The summed E-state index contributed by atoms with van der Waals surface area (Å²) in [5.74, 6) is -0.0368. The lowest BCUT2D eigenvalue weighted by Gasteiger charge is -2.31. The molecule has 0 atom stereocenters. The van der Waals surface area contributed by atoms with Crippen LogP contribution in [-0.2, 0) is 6.54 Å². The molecular weight excluding hydrogens is 286 g/mol. The first-order valence-electron chi connectivity index (χ1n) is 7.35. The molecule has 0 radical (unpaired) electrons. The minimum absolute atomic E-state index is 0.0368. The molecule has 1 aliphatic rings. The molecule has 7 heteroatoms. The summed E-state index contributed by atoms with van der Waals surface area (Å²) in [6, 6.07) is 2.04. The average molecular weight is 309 g/mol. The van der Waals surface area contributed by atoms with Crippen LogP contribution < -0.4 is 11.1 Å². The lowest BCUT2D eigenvalue weighted by molar-refractivity contribution is 0.0904. The average Bonchev–Trinajstić information content (AvgIpc) is 2.82. The summed E-state index contributed by atoms with van der Waals surface area (Å²) in [5, 5.41) is 7.41. The molecule has 1 aliphatic heterocycles. The molecule has 116 valence electrons. The van der Waals surface area contributed by atoms with Crippen molar-refractivity contribution >= 4 is 23.1 Å². The second-order valence-corrected chi connectivity index (χ2v) is 6.00. The van der Waals surface area contributed by atoms with Crippen molar-refractivity contribution in [3.05, 3.63) is 17.5 Å². The van der Waals surface area contributed by atoms with Crippen LogP contribution >= 0.6 is 12.2 Å². The van der Waals surface area contributed by atoms with Crippen molar-refractivity contribution in [3.63, 3.8) is 0 Å². The number of aromatic nitrogens is 2. The van der Waals surface area contributed by atoms with E-state index in [4.69, 9.17) is 18.0 Å². The van der Waals surface area contributed by atoms with Gasteiger partial charge in [-0.2, -0.15) is 5.10 Å². The van der Waals surface area contributed by atoms with Crippen molar-refractivity contribution in [1.29, 1.82) is 0 Å². The topological polar surface area (TPSA) is 76.2 Å². The third kappa shape index (κ3) is 4.25. The number of rotatable bonds is 5. The third-order valence-corrected chi connectivity index (χ3v) is 3.87. The molecule has 0 spiro atoms. The zero-order chi connectivity index (χ0) is 15.4. The second kappa shape index (κ2) is 7.00. The number of thiocarbonyl (C=S) groups is 1. The Bertz CT molecular complexity index is 519. The van der Waals surface area contributed by atoms with Crippen LogP contribution in [0.15, 0.2) is 6.07 Å². The van der Waals surface area contributed by atoms with Crippen LogP contribution in [-0.4, -0.2) is 51.3 Å². The lowest BCUT2D eigenvalue weighted by Crippen LogP contribution is -2.46. The van der Waals surface area contributed by atoms with Crippen LogP contribution in [0.1, 0.15) is 35.9 Å². The third-order valence-electron chi connectivity index (χ3n) is 3.74. The zero-order valence-electron chi connectivity index (χ0n) is 12.6. The SMILES string of the molecule is CCn1nc(C)cc1C(=O)NC1CCN(CC(N)=S)CC1. The summed E-state index contributed by atoms with van der Waals surface area (Å²) in [7, 11) is 0. The van der Waals surface area contributed by atoms with Gasteiger partial charge >= 0.3 is 0 Å². The molecule has 21 heavy (non-hydrogen) atoms. The molecule has 1 fully saturated rings. The van der Waals surface area contributed by atoms with Crippen LogP contribution in [0.2, 0.25) is 0 Å². The highest BCUT2D eigenvalue weighted by Gasteiger charge is 2.22. The van der Waals surface area contributed by atoms with Gasteiger partial charge in [0.2, 0.25) is 0 Å². The van der Waals surface area contributed by atoms with E-state index in [0.717, 1.165) is 31.6 Å². The number of piperidine rings is 1. The van der Waals surface area contributed by atoms with Gasteiger partial charge in [0.1, 0.15) is 5.69 Å². The highest BCUT2D eigenvalue weighted by atomic mass is 32.1. The molecule has 0 saturated carbocycles. The zero-order valence-corrected chi connectivity index (χ0v) is 13.4. The van der Waals surface area contributed by atoms with Gasteiger partial charge in [-0.25, -0.2) is 0 Å². The van der Waals surface area contributed by atoms with Crippen molar-refractivity contribution < 1.29 is 4.79 Å². The summed E-state index contributed by atoms with van der Waals surface area (Å²) < 4.78 is 1.74. The predicted octanol–water partition coefficient (Wildman–Crippen LogP) is 0.692. The molecule has 2 heterocycles. The molecule has 2 rings (SSSR count). The molecule has 0 aliphatic carbocycles. The van der Waals surface area contributed by atoms with Gasteiger partial charge < -0.3 is 11.1 Å². The van der Waals surface area contributed by atoms with Gasteiger partial charge in [0.25, 0.3) is 5.91 Å². The smallest absolute Gasteiger partial charge is 0.269 e. The summed E-state index contributed by atoms with van der Waals surface area (Å²) >= 11 is 4.93. The van der Waals surface area contributed by atoms with E-state index < -0.39 is 0 Å². The Hall–Kier alpha value is -1.47. The van der Waals surface area contributed by atoms with Crippen molar-refractivity contribution in [2.75, 3.05) is 19.6 Å². The first-order chi connectivity index (χ1) is 9.99. The molecule has 1 saturated heterocycles. The number of carbonyl (C=O) groups is 1. The van der Waals surface area contributed by atoms with E-state index >= 15 is 0 Å². The molecule has 1 amide bonds. The summed E-state index contributed by atoms with van der Waals surface area (Å²) in [5.41, 5.74) is 7.07. The predicted molar refractivity (Wildman–Crippen MR) is 86.4 cm³/mol. The number of carbonyl (C=O) groups excluding carboxylic acids is 1. The maximum atomic E-state index is 12.3. The highest BCUT2D eigenvalue weighted by molar-refractivity contribution is 7.80. The van der Waals surface area contributed by atoms with Gasteiger partial charge in [-0.3, -0.25) is 14.4 Å². The Kier molecular flexibility index (Phi) is 5.30. The van der Waals surface area contributed by atoms with Crippen LogP contribution in [0.25, 0.3) is 0 Å². The Labute approximate surface area is 130 Å². The number of amides is 1. The fourth-order valence-corrected chi connectivity index (χ4v) is 2.87. The number of nitrogens with zero attached hydrogens (tertiary/aromatic N) is 3. The molecule has 0 aromatic carbocycles. The van der Waals surface area contributed by atoms with E-state index in [1.165, 1.54) is 0 Å². The van der Waals surface area contributed by atoms with Crippen LogP contribution in [0, 0.1) is 6.92 Å². The first kappa shape index (κ1) is 15.9. The second-order valence-electron chi connectivity index (χ2n) is 5.48. The van der Waals surface area contributed by atoms with Gasteiger partial charge in [0.15, 0.2) is 0 Å². The minimum atomic E-state index is -0.0368. The van der Waals surface area contributed by atoms with E-state index in [2.05, 4.69) is 15.3 Å². The van der Waals surface area contributed by atoms with Crippen LogP contribution in [0.4, 0.5) is 0 Å². The van der Waals surface area contributed by atoms with E-state index in [1.54, 1.807) is 4.68 Å². The van der Waals surface area contributed by atoms with Gasteiger partial charge in [-0.15, -0.1) is 0 Å². The summed E-state index contributed by atoms with van der Waals surface area (Å²) in [6.45, 7) is 7.07. The number of nitrogens with one attached hydrogen (secondary N) is 1. The maximum absolute atomic E-state index is 12.3. The number of nitrogens with two attached hydrogens (primary N) is 1. The molecule has 1 aromatic heterocycles. The standard InChI is InChI=1S/C14H23N5OS/c1-3-19-12(8-10(2)17-19)14(20)16-11-4-6-18(7-5-11)9-13(15)21/h8,11H,3-7,9H2,1-2H3,(H2,15,21)(H,16,20). The highest BCUT2D eigenvalue weighted by Crippen LogP contribution is 2.11. The fourth-order valence-electron chi connectivity index (χ4n) is 2.68. The minimum Gasteiger partial charge on any atom is -0.392 e. The Morgan fingerprint density at radius 2 is 2.19 bits per heavy atom. The Morgan fingerprint density at radius 1 is 1.52 bits per heavy atom. The van der Waals surface area contributed by atoms with Crippen molar-refractivity contribution in [2.45, 2.75) is 39.3 Å². The van der Waals surface area contributed by atoms with Gasteiger partial charge in [0, 0.05) is 32.2 Å². The number of hydrogen-bond donors (Lipinski definition) is 2. The lowest BCUT2D eigenvalue weighted by atomic mass is 10.0. The van der Waals surface area contributed by atoms with Crippen molar-refractivity contribution in [2.24, 2.45) is 5.73 Å². The van der Waals surface area contributed by atoms with Crippen molar-refractivity contribution in [3.8, 4) is 0 Å². The van der Waals surface area contributed by atoms with E-state index in [-0.39, 0.29) is 11.9 Å². The monoisotopic (exact) mass is 309 g/mol. The van der Waals surface area contributed by atoms with E-state index in [0.29, 0.717) is 23.8 Å². The maximum Gasteiger partial charge on any atom is 0.269 e.